The minimum atomic E-state index is 0.720. The molecule has 0 aliphatic heterocycles. The summed E-state index contributed by atoms with van der Waals surface area (Å²) in [5.74, 6) is 1.81. The first kappa shape index (κ1) is 29.2. The van der Waals surface area contributed by atoms with E-state index in [2.05, 4.69) is 137 Å². The molecule has 4 aromatic carbocycles. The molecule has 0 radical (unpaired) electrons. The molecule has 0 aliphatic carbocycles. The molecule has 0 spiro atoms. The van der Waals surface area contributed by atoms with Gasteiger partial charge in [-0.2, -0.15) is 0 Å². The fourth-order valence-corrected chi connectivity index (χ4v) is 5.28. The summed E-state index contributed by atoms with van der Waals surface area (Å²) in [6.07, 6.45) is 0.991. The molecule has 0 aromatic heterocycles. The van der Waals surface area contributed by atoms with Crippen LogP contribution in [-0.4, -0.2) is 43.9 Å². The molecule has 3 heteroatoms. The van der Waals surface area contributed by atoms with Gasteiger partial charge in [0.05, 0.1) is 26.2 Å². The first-order valence-corrected chi connectivity index (χ1v) is 14.8. The highest BCUT2D eigenvalue weighted by atomic mass is 16.5. The Balaban J connectivity index is 1.74. The third-order valence-electron chi connectivity index (χ3n) is 7.98. The van der Waals surface area contributed by atoms with Crippen molar-refractivity contribution in [3.8, 4) is 11.5 Å². The fraction of sp³-hybridized carbons (Fsp3) is 0.297. The molecular weight excluding hydrogens is 490 g/mol. The van der Waals surface area contributed by atoms with Gasteiger partial charge in [-0.15, -0.1) is 0 Å². The second-order valence-electron chi connectivity index (χ2n) is 10.2. The zero-order chi connectivity index (χ0) is 28.2. The highest BCUT2D eigenvalue weighted by Gasteiger charge is 2.20. The maximum Gasteiger partial charge on any atom is 0.137 e. The van der Waals surface area contributed by atoms with Gasteiger partial charge in [-0.3, -0.25) is 0 Å². The van der Waals surface area contributed by atoms with E-state index in [4.69, 9.17) is 9.47 Å². The Bertz CT molecular complexity index is 1310. The second kappa shape index (κ2) is 14.5. The van der Waals surface area contributed by atoms with Crippen molar-refractivity contribution in [1.82, 2.24) is 0 Å². The van der Waals surface area contributed by atoms with Crippen LogP contribution in [0.4, 0.5) is 0 Å². The van der Waals surface area contributed by atoms with Crippen molar-refractivity contribution in [3.05, 3.63) is 131 Å². The van der Waals surface area contributed by atoms with Crippen LogP contribution in [0.3, 0.4) is 0 Å². The normalized spacial score (nSPS) is 12.1. The van der Waals surface area contributed by atoms with Crippen LogP contribution < -0.4 is 9.47 Å². The summed E-state index contributed by atoms with van der Waals surface area (Å²) in [5.41, 5.74) is 7.05. The molecule has 0 amide bonds. The highest BCUT2D eigenvalue weighted by molar-refractivity contribution is 6.04. The van der Waals surface area contributed by atoms with E-state index in [1.165, 1.54) is 22.3 Å². The summed E-state index contributed by atoms with van der Waals surface area (Å²) >= 11 is 0. The van der Waals surface area contributed by atoms with Gasteiger partial charge in [0.1, 0.15) is 24.7 Å². The van der Waals surface area contributed by atoms with Crippen molar-refractivity contribution in [3.63, 3.8) is 0 Å². The Morgan fingerprint density at radius 3 is 1.23 bits per heavy atom. The molecule has 0 fully saturated rings. The van der Waals surface area contributed by atoms with Gasteiger partial charge in [-0.1, -0.05) is 91.9 Å². The molecule has 0 heterocycles. The molecule has 0 atom stereocenters. The minimum absolute atomic E-state index is 0.720. The molecule has 0 aliphatic rings. The van der Waals surface area contributed by atoms with Crippen LogP contribution in [0.25, 0.3) is 11.1 Å². The Labute approximate surface area is 241 Å². The largest absolute Gasteiger partial charge is 0.494 e. The molecule has 0 bridgehead atoms. The van der Waals surface area contributed by atoms with Gasteiger partial charge in [-0.25, -0.2) is 0 Å². The summed E-state index contributed by atoms with van der Waals surface area (Å²) in [6, 6.07) is 38.5. The Morgan fingerprint density at radius 1 is 0.475 bits per heavy atom. The lowest BCUT2D eigenvalue weighted by Gasteiger charge is -2.35. The van der Waals surface area contributed by atoms with Gasteiger partial charge in [0.25, 0.3) is 0 Å². The van der Waals surface area contributed by atoms with Crippen LogP contribution in [0.5, 0.6) is 11.5 Å². The maximum absolute atomic E-state index is 6.24. The van der Waals surface area contributed by atoms with Crippen molar-refractivity contribution in [2.24, 2.45) is 0 Å². The zero-order valence-corrected chi connectivity index (χ0v) is 24.6. The number of nitrogens with zero attached hydrogens (tertiary/aromatic N) is 1. The first-order chi connectivity index (χ1) is 19.6. The van der Waals surface area contributed by atoms with Crippen LogP contribution in [0.15, 0.2) is 109 Å². The molecule has 40 heavy (non-hydrogen) atoms. The molecule has 208 valence electrons. The molecule has 0 N–H and O–H groups in total. The molecular formula is C37H44NO2+. The summed E-state index contributed by atoms with van der Waals surface area (Å²) in [5, 5.41) is 0. The van der Waals surface area contributed by atoms with Gasteiger partial charge < -0.3 is 14.0 Å². The van der Waals surface area contributed by atoms with E-state index >= 15 is 0 Å². The van der Waals surface area contributed by atoms with E-state index in [-0.39, 0.29) is 0 Å². The van der Waals surface area contributed by atoms with Gasteiger partial charge in [0.2, 0.25) is 0 Å². The van der Waals surface area contributed by atoms with E-state index in [9.17, 15) is 0 Å². The van der Waals surface area contributed by atoms with Crippen LogP contribution in [0, 0.1) is 0 Å². The summed E-state index contributed by atoms with van der Waals surface area (Å²) in [7, 11) is 0. The molecule has 0 saturated heterocycles. The predicted molar refractivity (Wildman–Crippen MR) is 169 cm³/mol. The lowest BCUT2D eigenvalue weighted by atomic mass is 9.86. The molecule has 0 saturated carbocycles. The Morgan fingerprint density at radius 2 is 0.850 bits per heavy atom. The monoisotopic (exact) mass is 534 g/mol. The van der Waals surface area contributed by atoms with Crippen molar-refractivity contribution in [1.29, 1.82) is 0 Å². The second-order valence-corrected chi connectivity index (χ2v) is 10.2. The summed E-state index contributed by atoms with van der Waals surface area (Å²) in [6.45, 7) is 14.8. The van der Waals surface area contributed by atoms with Crippen molar-refractivity contribution < 1.29 is 14.0 Å². The van der Waals surface area contributed by atoms with Crippen molar-refractivity contribution in [2.45, 2.75) is 34.1 Å². The fourth-order valence-electron chi connectivity index (χ4n) is 5.28. The molecule has 3 nitrogen and oxygen atoms in total. The van der Waals surface area contributed by atoms with Crippen LogP contribution >= 0.6 is 0 Å². The lowest BCUT2D eigenvalue weighted by molar-refractivity contribution is -0.923. The van der Waals surface area contributed by atoms with Crippen molar-refractivity contribution in [2.75, 3.05) is 39.4 Å². The minimum Gasteiger partial charge on any atom is -0.494 e. The number of hydrogen-bond donors (Lipinski definition) is 0. The van der Waals surface area contributed by atoms with E-state index in [0.29, 0.717) is 0 Å². The quantitative estimate of drug-likeness (QED) is 0.119. The topological polar surface area (TPSA) is 18.5 Å². The first-order valence-electron chi connectivity index (χ1n) is 14.8. The third-order valence-corrected chi connectivity index (χ3v) is 7.98. The third kappa shape index (κ3) is 7.22. The Hall–Kier alpha value is -3.82. The average Bonchev–Trinajstić information content (AvgIpc) is 3.03. The van der Waals surface area contributed by atoms with Gasteiger partial charge in [0.15, 0.2) is 0 Å². The van der Waals surface area contributed by atoms with E-state index in [1.807, 2.05) is 0 Å². The smallest absolute Gasteiger partial charge is 0.137 e. The molecule has 0 unspecified atom stereocenters. The number of hydrogen-bond acceptors (Lipinski definition) is 2. The number of rotatable bonds is 14. The van der Waals surface area contributed by atoms with Crippen LogP contribution in [0.2, 0.25) is 0 Å². The van der Waals surface area contributed by atoms with E-state index < -0.39 is 0 Å². The Kier molecular flexibility index (Phi) is 10.6. The van der Waals surface area contributed by atoms with E-state index in [1.54, 1.807) is 0 Å². The van der Waals surface area contributed by atoms with Gasteiger partial charge in [0, 0.05) is 0 Å². The zero-order valence-electron chi connectivity index (χ0n) is 24.6. The van der Waals surface area contributed by atoms with Gasteiger partial charge in [-0.05, 0) is 84.9 Å². The molecule has 4 aromatic rings. The number of quaternary nitrogens is 1. The van der Waals surface area contributed by atoms with Crippen LogP contribution in [-0.2, 0) is 0 Å². The van der Waals surface area contributed by atoms with Crippen LogP contribution in [0.1, 0.15) is 56.4 Å². The molecule has 4 rings (SSSR count). The SMILES string of the molecule is CCCOc1ccc(/C(=C(\c2ccccc2)c2ccc(OCC[N+](CC)(CC)CC)cc2)c2ccccc2)cc1. The summed E-state index contributed by atoms with van der Waals surface area (Å²) in [4.78, 5) is 0. The van der Waals surface area contributed by atoms with Crippen molar-refractivity contribution >= 4 is 11.1 Å². The number of likely N-dealkylation sites (N-methyl/N-ethyl adjacent to an activating group) is 1. The van der Waals surface area contributed by atoms with Gasteiger partial charge >= 0.3 is 0 Å². The highest BCUT2D eigenvalue weighted by Crippen LogP contribution is 2.37. The average molecular weight is 535 g/mol. The maximum atomic E-state index is 6.24. The lowest BCUT2D eigenvalue weighted by Crippen LogP contribution is -2.49. The van der Waals surface area contributed by atoms with E-state index in [0.717, 1.165) is 72.9 Å². The number of ether oxygens (including phenoxy) is 2. The predicted octanol–water partition coefficient (Wildman–Crippen LogP) is 8.74. The standard InChI is InChI=1S/C37H44NO2/c1-5-28-39-34-23-19-32(20-24-34)36(30-15-11-9-12-16-30)37(31-17-13-10-14-18-31)33-21-25-35(26-22-33)40-29-27-38(6-2,7-3)8-4/h9-26H,5-8,27-29H2,1-4H3/q+1/b37-36+. The summed E-state index contributed by atoms with van der Waals surface area (Å²) < 4.78 is 13.2. The number of benzene rings is 4.